The minimum atomic E-state index is -1.29. The second-order valence-corrected chi connectivity index (χ2v) is 4.21. The fourth-order valence-electron chi connectivity index (χ4n) is 2.22. The van der Waals surface area contributed by atoms with Crippen LogP contribution in [0.15, 0.2) is 0 Å². The van der Waals surface area contributed by atoms with Gasteiger partial charge >= 0.3 is 0 Å². The first-order valence-corrected chi connectivity index (χ1v) is 5.56. The summed E-state index contributed by atoms with van der Waals surface area (Å²) < 4.78 is 0. The SMILES string of the molecule is O=C1CCCN1C(O)C(O)N1CCCC1=O. The Morgan fingerprint density at radius 1 is 0.875 bits per heavy atom. The van der Waals surface area contributed by atoms with Crippen molar-refractivity contribution in [1.82, 2.24) is 9.80 Å². The van der Waals surface area contributed by atoms with Crippen LogP contribution in [-0.2, 0) is 9.59 Å². The second-order valence-electron chi connectivity index (χ2n) is 4.21. The van der Waals surface area contributed by atoms with Crippen molar-refractivity contribution >= 4 is 11.8 Å². The average molecular weight is 228 g/mol. The fourth-order valence-corrected chi connectivity index (χ4v) is 2.22. The molecule has 90 valence electrons. The van der Waals surface area contributed by atoms with Crippen molar-refractivity contribution in [1.29, 1.82) is 0 Å². The van der Waals surface area contributed by atoms with Gasteiger partial charge in [0.15, 0.2) is 12.5 Å². The van der Waals surface area contributed by atoms with Gasteiger partial charge in [-0.2, -0.15) is 0 Å². The molecule has 16 heavy (non-hydrogen) atoms. The van der Waals surface area contributed by atoms with Crippen LogP contribution in [0, 0.1) is 0 Å². The van der Waals surface area contributed by atoms with Crippen molar-refractivity contribution in [2.75, 3.05) is 13.1 Å². The molecule has 2 heterocycles. The zero-order chi connectivity index (χ0) is 11.7. The zero-order valence-electron chi connectivity index (χ0n) is 9.00. The number of aliphatic hydroxyl groups is 2. The maximum atomic E-state index is 11.4. The first-order valence-electron chi connectivity index (χ1n) is 5.56. The van der Waals surface area contributed by atoms with Crippen molar-refractivity contribution < 1.29 is 19.8 Å². The standard InChI is InChI=1S/C10H16N2O4/c13-7-3-1-5-11(7)9(15)10(16)12-6-2-4-8(12)14/h9-10,15-16H,1-6H2. The highest BCUT2D eigenvalue weighted by Gasteiger charge is 2.37. The molecule has 6 heteroatoms. The molecular weight excluding hydrogens is 212 g/mol. The number of carbonyl (C=O) groups is 2. The summed E-state index contributed by atoms with van der Waals surface area (Å²) in [6, 6.07) is 0. The van der Waals surface area contributed by atoms with E-state index in [4.69, 9.17) is 0 Å². The predicted molar refractivity (Wildman–Crippen MR) is 53.9 cm³/mol. The third-order valence-corrected chi connectivity index (χ3v) is 3.13. The van der Waals surface area contributed by atoms with E-state index < -0.39 is 12.5 Å². The van der Waals surface area contributed by atoms with Gasteiger partial charge in [0.25, 0.3) is 0 Å². The van der Waals surface area contributed by atoms with Gasteiger partial charge in [-0.25, -0.2) is 0 Å². The lowest BCUT2D eigenvalue weighted by atomic mass is 10.3. The van der Waals surface area contributed by atoms with E-state index >= 15 is 0 Å². The van der Waals surface area contributed by atoms with E-state index in [0.29, 0.717) is 38.8 Å². The van der Waals surface area contributed by atoms with Gasteiger partial charge in [-0.05, 0) is 12.8 Å². The molecule has 0 aromatic heterocycles. The third-order valence-electron chi connectivity index (χ3n) is 3.13. The minimum Gasteiger partial charge on any atom is -0.369 e. The molecule has 0 saturated carbocycles. The minimum absolute atomic E-state index is 0.168. The molecule has 2 rings (SSSR count). The largest absolute Gasteiger partial charge is 0.369 e. The van der Waals surface area contributed by atoms with Crippen LogP contribution < -0.4 is 0 Å². The molecule has 2 aliphatic rings. The number of nitrogens with zero attached hydrogens (tertiary/aromatic N) is 2. The lowest BCUT2D eigenvalue weighted by Gasteiger charge is -2.32. The number of rotatable bonds is 3. The Balaban J connectivity index is 2.00. The summed E-state index contributed by atoms with van der Waals surface area (Å²) in [6.45, 7) is 0.887. The Kier molecular flexibility index (Phi) is 3.11. The van der Waals surface area contributed by atoms with Crippen LogP contribution in [0.2, 0.25) is 0 Å². The monoisotopic (exact) mass is 228 g/mol. The van der Waals surface area contributed by atoms with Crippen LogP contribution in [0.3, 0.4) is 0 Å². The average Bonchev–Trinajstić information content (AvgIpc) is 2.85. The molecule has 2 N–H and O–H groups in total. The van der Waals surface area contributed by atoms with E-state index in [9.17, 15) is 19.8 Å². The number of aliphatic hydroxyl groups excluding tert-OH is 2. The Hall–Kier alpha value is -1.14. The molecule has 2 fully saturated rings. The molecule has 2 atom stereocenters. The second kappa shape index (κ2) is 4.39. The summed E-state index contributed by atoms with van der Waals surface area (Å²) >= 11 is 0. The third kappa shape index (κ3) is 1.90. The van der Waals surface area contributed by atoms with E-state index in [-0.39, 0.29) is 11.8 Å². The fraction of sp³-hybridized carbons (Fsp3) is 0.800. The molecule has 0 bridgehead atoms. The van der Waals surface area contributed by atoms with Crippen molar-refractivity contribution in [3.8, 4) is 0 Å². The Labute approximate surface area is 93.4 Å². The maximum Gasteiger partial charge on any atom is 0.224 e. The number of carbonyl (C=O) groups excluding carboxylic acids is 2. The lowest BCUT2D eigenvalue weighted by molar-refractivity contribution is -0.170. The van der Waals surface area contributed by atoms with Crippen LogP contribution >= 0.6 is 0 Å². The highest BCUT2D eigenvalue weighted by atomic mass is 16.4. The summed E-state index contributed by atoms with van der Waals surface area (Å²) in [5.41, 5.74) is 0. The smallest absolute Gasteiger partial charge is 0.224 e. The molecule has 0 aromatic rings. The van der Waals surface area contributed by atoms with Gasteiger partial charge in [0.1, 0.15) is 0 Å². The van der Waals surface area contributed by atoms with Crippen LogP contribution in [0.25, 0.3) is 0 Å². The van der Waals surface area contributed by atoms with Gasteiger partial charge in [-0.3, -0.25) is 9.59 Å². The predicted octanol–water partition coefficient (Wildman–Crippen LogP) is -1.13. The summed E-state index contributed by atoms with van der Waals surface area (Å²) in [6.07, 6.45) is -0.406. The van der Waals surface area contributed by atoms with E-state index in [1.165, 1.54) is 9.80 Å². The van der Waals surface area contributed by atoms with E-state index in [0.717, 1.165) is 0 Å². The quantitative estimate of drug-likeness (QED) is 0.640. The Morgan fingerprint density at radius 2 is 1.25 bits per heavy atom. The molecule has 6 nitrogen and oxygen atoms in total. The van der Waals surface area contributed by atoms with E-state index in [1.54, 1.807) is 0 Å². The summed E-state index contributed by atoms with van der Waals surface area (Å²) in [4.78, 5) is 25.2. The molecule has 2 aliphatic heterocycles. The highest BCUT2D eigenvalue weighted by Crippen LogP contribution is 2.19. The first kappa shape index (κ1) is 11.3. The summed E-state index contributed by atoms with van der Waals surface area (Å²) in [5, 5.41) is 19.7. The van der Waals surface area contributed by atoms with Crippen molar-refractivity contribution in [3.63, 3.8) is 0 Å². The number of amides is 2. The van der Waals surface area contributed by atoms with Gasteiger partial charge < -0.3 is 20.0 Å². The van der Waals surface area contributed by atoms with Gasteiger partial charge in [0, 0.05) is 25.9 Å². The maximum absolute atomic E-state index is 11.4. The highest BCUT2D eigenvalue weighted by molar-refractivity contribution is 5.79. The van der Waals surface area contributed by atoms with Gasteiger partial charge in [-0.1, -0.05) is 0 Å². The molecular formula is C10H16N2O4. The Morgan fingerprint density at radius 3 is 1.50 bits per heavy atom. The summed E-state index contributed by atoms with van der Waals surface area (Å²) in [5.74, 6) is -0.337. The molecule has 2 unspecified atom stereocenters. The van der Waals surface area contributed by atoms with Crippen LogP contribution in [0.1, 0.15) is 25.7 Å². The Bertz CT molecular complexity index is 277. The number of hydrogen-bond donors (Lipinski definition) is 2. The normalized spacial score (nSPS) is 25.4. The van der Waals surface area contributed by atoms with Gasteiger partial charge in [0.05, 0.1) is 0 Å². The van der Waals surface area contributed by atoms with Crippen molar-refractivity contribution in [2.45, 2.75) is 38.1 Å². The van der Waals surface area contributed by atoms with Crippen molar-refractivity contribution in [3.05, 3.63) is 0 Å². The number of hydrogen-bond acceptors (Lipinski definition) is 4. The molecule has 0 aliphatic carbocycles. The summed E-state index contributed by atoms with van der Waals surface area (Å²) in [7, 11) is 0. The van der Waals surface area contributed by atoms with Crippen LogP contribution in [0.5, 0.6) is 0 Å². The van der Waals surface area contributed by atoms with Gasteiger partial charge in [0.2, 0.25) is 11.8 Å². The lowest BCUT2D eigenvalue weighted by Crippen LogP contribution is -2.52. The van der Waals surface area contributed by atoms with Gasteiger partial charge in [-0.15, -0.1) is 0 Å². The first-order chi connectivity index (χ1) is 7.61. The molecule has 0 radical (unpaired) electrons. The molecule has 0 aromatic carbocycles. The van der Waals surface area contributed by atoms with E-state index in [1.807, 2.05) is 0 Å². The molecule has 2 saturated heterocycles. The van der Waals surface area contributed by atoms with Crippen LogP contribution in [-0.4, -0.2) is 57.4 Å². The molecule has 2 amide bonds. The van der Waals surface area contributed by atoms with E-state index in [2.05, 4.69) is 0 Å². The topological polar surface area (TPSA) is 81.1 Å². The van der Waals surface area contributed by atoms with Crippen molar-refractivity contribution in [2.24, 2.45) is 0 Å². The van der Waals surface area contributed by atoms with Crippen LogP contribution in [0.4, 0.5) is 0 Å². The zero-order valence-corrected chi connectivity index (χ0v) is 9.00. The molecule has 0 spiro atoms. The number of likely N-dealkylation sites (tertiary alicyclic amines) is 2.